The van der Waals surface area contributed by atoms with Gasteiger partial charge in [0.15, 0.2) is 11.6 Å². The number of carbonyl (C=O) groups is 1. The molecule has 2 aromatic carbocycles. The minimum atomic E-state index is -0.473. The molecule has 0 aliphatic heterocycles. The van der Waals surface area contributed by atoms with Gasteiger partial charge in [0.1, 0.15) is 5.82 Å². The van der Waals surface area contributed by atoms with Gasteiger partial charge in [-0.3, -0.25) is 4.79 Å². The van der Waals surface area contributed by atoms with E-state index in [0.717, 1.165) is 23.3 Å². The van der Waals surface area contributed by atoms with Crippen LogP contribution in [0.3, 0.4) is 0 Å². The molecule has 0 aliphatic carbocycles. The highest BCUT2D eigenvalue weighted by Gasteiger charge is 2.20. The predicted molar refractivity (Wildman–Crippen MR) is 103 cm³/mol. The van der Waals surface area contributed by atoms with Gasteiger partial charge in [-0.1, -0.05) is 32.0 Å². The highest BCUT2D eigenvalue weighted by atomic mass is 19.1. The van der Waals surface area contributed by atoms with E-state index in [1.807, 2.05) is 24.3 Å². The lowest BCUT2D eigenvalue weighted by Gasteiger charge is -2.19. The summed E-state index contributed by atoms with van der Waals surface area (Å²) in [4.78, 5) is 20.5. The summed E-state index contributed by atoms with van der Waals surface area (Å²) in [6.07, 6.45) is 0.846. The molecule has 1 atom stereocenters. The van der Waals surface area contributed by atoms with Gasteiger partial charge < -0.3 is 15.0 Å². The summed E-state index contributed by atoms with van der Waals surface area (Å²) in [5.41, 5.74) is 2.40. The smallest absolute Gasteiger partial charge is 0.225 e. The van der Waals surface area contributed by atoms with Crippen LogP contribution < -0.4 is 10.1 Å². The van der Waals surface area contributed by atoms with Crippen LogP contribution >= 0.6 is 0 Å². The Morgan fingerprint density at radius 3 is 2.70 bits per heavy atom. The van der Waals surface area contributed by atoms with Gasteiger partial charge in [-0.2, -0.15) is 0 Å². The van der Waals surface area contributed by atoms with Crippen molar-refractivity contribution >= 4 is 16.9 Å². The summed E-state index contributed by atoms with van der Waals surface area (Å²) >= 11 is 0. The number of methoxy groups -OCH3 is 1. The molecule has 0 spiro atoms. The Balaban J connectivity index is 1.75. The molecule has 2 N–H and O–H groups in total. The van der Waals surface area contributed by atoms with Crippen LogP contribution in [0.5, 0.6) is 5.75 Å². The SMILES string of the molecule is COc1ccc(CC(=O)N[C@H](CC(C)C)c2nc3ccccc3[nH]2)cc1F. The molecule has 1 heterocycles. The molecule has 27 heavy (non-hydrogen) atoms. The van der Waals surface area contributed by atoms with Crippen LogP contribution in [-0.4, -0.2) is 23.0 Å². The number of amides is 1. The minimum Gasteiger partial charge on any atom is -0.494 e. The zero-order valence-electron chi connectivity index (χ0n) is 15.8. The first kappa shape index (κ1) is 18.9. The number of nitrogens with one attached hydrogen (secondary N) is 2. The first-order valence-corrected chi connectivity index (χ1v) is 9.02. The van der Waals surface area contributed by atoms with Crippen molar-refractivity contribution in [2.24, 2.45) is 5.92 Å². The number of H-pyrrole nitrogens is 1. The average Bonchev–Trinajstić information content (AvgIpc) is 3.05. The van der Waals surface area contributed by atoms with Crippen LogP contribution in [0.4, 0.5) is 4.39 Å². The van der Waals surface area contributed by atoms with Gasteiger partial charge in [-0.25, -0.2) is 9.37 Å². The first-order valence-electron chi connectivity index (χ1n) is 9.02. The number of hydrogen-bond donors (Lipinski definition) is 2. The number of aromatic nitrogens is 2. The van der Waals surface area contributed by atoms with Crippen LogP contribution in [0.15, 0.2) is 42.5 Å². The lowest BCUT2D eigenvalue weighted by atomic mass is 10.0. The Bertz CT molecular complexity index is 903. The summed E-state index contributed by atoms with van der Waals surface area (Å²) in [7, 11) is 1.41. The quantitative estimate of drug-likeness (QED) is 0.657. The summed E-state index contributed by atoms with van der Waals surface area (Å²) < 4.78 is 18.8. The van der Waals surface area contributed by atoms with E-state index in [1.165, 1.54) is 19.2 Å². The molecular formula is C21H24FN3O2. The molecular weight excluding hydrogens is 345 g/mol. The fraction of sp³-hybridized carbons (Fsp3) is 0.333. The monoisotopic (exact) mass is 369 g/mol. The third-order valence-corrected chi connectivity index (χ3v) is 4.36. The third-order valence-electron chi connectivity index (χ3n) is 4.36. The summed E-state index contributed by atoms with van der Waals surface area (Å²) in [6.45, 7) is 4.20. The Hall–Kier alpha value is -2.89. The van der Waals surface area contributed by atoms with E-state index in [-0.39, 0.29) is 24.1 Å². The van der Waals surface area contributed by atoms with Crippen molar-refractivity contribution in [2.45, 2.75) is 32.7 Å². The van der Waals surface area contributed by atoms with Gasteiger partial charge in [0.05, 0.1) is 30.6 Å². The predicted octanol–water partition coefficient (Wildman–Crippen LogP) is 4.16. The Kier molecular flexibility index (Phi) is 5.74. The van der Waals surface area contributed by atoms with Crippen LogP contribution in [-0.2, 0) is 11.2 Å². The number of rotatable bonds is 7. The molecule has 0 unspecified atom stereocenters. The van der Waals surface area contributed by atoms with Crippen molar-refractivity contribution < 1.29 is 13.9 Å². The third kappa shape index (κ3) is 4.64. The van der Waals surface area contributed by atoms with Crippen LogP contribution in [0.1, 0.15) is 37.7 Å². The fourth-order valence-electron chi connectivity index (χ4n) is 3.10. The summed E-state index contributed by atoms with van der Waals surface area (Å²) in [6, 6.07) is 12.1. The van der Waals surface area contributed by atoms with Gasteiger partial charge in [0.2, 0.25) is 5.91 Å². The number of benzene rings is 2. The van der Waals surface area contributed by atoms with E-state index in [9.17, 15) is 9.18 Å². The molecule has 0 saturated carbocycles. The normalized spacial score (nSPS) is 12.3. The number of hydrogen-bond acceptors (Lipinski definition) is 3. The van der Waals surface area contributed by atoms with Crippen LogP contribution in [0.25, 0.3) is 11.0 Å². The lowest BCUT2D eigenvalue weighted by molar-refractivity contribution is -0.121. The molecule has 0 bridgehead atoms. The molecule has 3 aromatic rings. The van der Waals surface area contributed by atoms with Crippen molar-refractivity contribution in [1.29, 1.82) is 0 Å². The van der Waals surface area contributed by atoms with Crippen molar-refractivity contribution in [3.63, 3.8) is 0 Å². The molecule has 3 rings (SSSR count). The topological polar surface area (TPSA) is 67.0 Å². The van der Waals surface area contributed by atoms with E-state index >= 15 is 0 Å². The maximum absolute atomic E-state index is 13.8. The number of ether oxygens (including phenoxy) is 1. The Labute approximate surface area is 158 Å². The van der Waals surface area contributed by atoms with Crippen molar-refractivity contribution in [1.82, 2.24) is 15.3 Å². The molecule has 1 amide bonds. The second-order valence-electron chi connectivity index (χ2n) is 7.03. The molecule has 0 aliphatic rings. The molecule has 6 heteroatoms. The van der Waals surface area contributed by atoms with E-state index in [4.69, 9.17) is 4.74 Å². The molecule has 0 fully saturated rings. The van der Waals surface area contributed by atoms with E-state index in [0.29, 0.717) is 11.5 Å². The summed E-state index contributed by atoms with van der Waals surface area (Å²) in [5, 5.41) is 3.04. The highest BCUT2D eigenvalue weighted by Crippen LogP contribution is 2.23. The number of halogens is 1. The molecule has 0 saturated heterocycles. The summed E-state index contributed by atoms with van der Waals surface area (Å²) in [5.74, 6) is 0.629. The number of imidazole rings is 1. The minimum absolute atomic E-state index is 0.0930. The van der Waals surface area contributed by atoms with Crippen molar-refractivity contribution in [3.05, 3.63) is 59.7 Å². The maximum Gasteiger partial charge on any atom is 0.225 e. The number of aromatic amines is 1. The van der Waals surface area contributed by atoms with E-state index in [2.05, 4.69) is 29.1 Å². The zero-order chi connectivity index (χ0) is 19.4. The molecule has 5 nitrogen and oxygen atoms in total. The lowest BCUT2D eigenvalue weighted by Crippen LogP contribution is -2.31. The second kappa shape index (κ2) is 8.20. The number of fused-ring (bicyclic) bond motifs is 1. The fourth-order valence-corrected chi connectivity index (χ4v) is 3.10. The van der Waals surface area contributed by atoms with Gasteiger partial charge in [0.25, 0.3) is 0 Å². The number of carbonyl (C=O) groups excluding carboxylic acids is 1. The van der Waals surface area contributed by atoms with Crippen LogP contribution in [0.2, 0.25) is 0 Å². The largest absolute Gasteiger partial charge is 0.494 e. The van der Waals surface area contributed by atoms with Gasteiger partial charge in [-0.05, 0) is 42.2 Å². The molecule has 142 valence electrons. The van der Waals surface area contributed by atoms with Crippen molar-refractivity contribution in [2.75, 3.05) is 7.11 Å². The Morgan fingerprint density at radius 1 is 1.26 bits per heavy atom. The van der Waals surface area contributed by atoms with E-state index < -0.39 is 5.82 Å². The first-order chi connectivity index (χ1) is 13.0. The maximum atomic E-state index is 13.8. The standard InChI is InChI=1S/C21H24FN3O2/c1-13(2)10-18(21-24-16-6-4-5-7-17(16)25-21)23-20(26)12-14-8-9-19(27-3)15(22)11-14/h4-9,11,13,18H,10,12H2,1-3H3,(H,23,26)(H,24,25)/t18-/m1/s1. The average molecular weight is 369 g/mol. The van der Waals surface area contributed by atoms with Crippen LogP contribution in [0, 0.1) is 11.7 Å². The van der Waals surface area contributed by atoms with E-state index in [1.54, 1.807) is 6.07 Å². The van der Waals surface area contributed by atoms with Crippen molar-refractivity contribution in [3.8, 4) is 5.75 Å². The molecule has 1 aromatic heterocycles. The molecule has 0 radical (unpaired) electrons. The highest BCUT2D eigenvalue weighted by molar-refractivity contribution is 5.79. The Morgan fingerprint density at radius 2 is 2.04 bits per heavy atom. The number of nitrogens with zero attached hydrogens (tertiary/aromatic N) is 1. The number of para-hydroxylation sites is 2. The van der Waals surface area contributed by atoms with Gasteiger partial charge in [0, 0.05) is 0 Å². The van der Waals surface area contributed by atoms with Gasteiger partial charge >= 0.3 is 0 Å². The second-order valence-corrected chi connectivity index (χ2v) is 7.03. The zero-order valence-corrected chi connectivity index (χ0v) is 15.8. The van der Waals surface area contributed by atoms with Gasteiger partial charge in [-0.15, -0.1) is 0 Å².